The molecule has 0 saturated heterocycles. The summed E-state index contributed by atoms with van der Waals surface area (Å²) in [5.74, 6) is -2.99. The lowest BCUT2D eigenvalue weighted by molar-refractivity contribution is 0.0685. The van der Waals surface area contributed by atoms with Crippen molar-refractivity contribution in [2.45, 2.75) is 6.54 Å². The molecule has 0 aliphatic heterocycles. The van der Waals surface area contributed by atoms with Crippen LogP contribution in [0, 0.1) is 11.6 Å². The Kier molecular flexibility index (Phi) is 3.22. The van der Waals surface area contributed by atoms with Gasteiger partial charge in [0.05, 0.1) is 12.2 Å². The second-order valence-electron chi connectivity index (χ2n) is 3.44. The van der Waals surface area contributed by atoms with Crippen LogP contribution >= 0.6 is 0 Å². The van der Waals surface area contributed by atoms with E-state index in [1.54, 1.807) is 0 Å². The molecule has 7 heteroatoms. The Morgan fingerprint density at radius 2 is 2.22 bits per heavy atom. The number of benzene rings is 1. The summed E-state index contributed by atoms with van der Waals surface area (Å²) in [6, 6.07) is 4.90. The largest absolute Gasteiger partial charge is 0.476 e. The van der Waals surface area contributed by atoms with Gasteiger partial charge < -0.3 is 14.9 Å². The molecule has 18 heavy (non-hydrogen) atoms. The Hall–Kier alpha value is -2.44. The molecule has 1 aromatic heterocycles. The number of hydrogen-bond donors (Lipinski definition) is 2. The number of aromatic carboxylic acids is 1. The second kappa shape index (κ2) is 4.82. The van der Waals surface area contributed by atoms with Crippen molar-refractivity contribution in [3.8, 4) is 0 Å². The van der Waals surface area contributed by atoms with Gasteiger partial charge in [0.15, 0.2) is 23.1 Å². The van der Waals surface area contributed by atoms with Gasteiger partial charge in [0, 0.05) is 6.07 Å². The lowest BCUT2D eigenvalue weighted by Crippen LogP contribution is -2.02. The van der Waals surface area contributed by atoms with Crippen LogP contribution in [-0.4, -0.2) is 16.2 Å². The SMILES string of the molecule is O=C(O)c1cc(CNc2cccc(F)c2F)on1. The number of rotatable bonds is 4. The highest BCUT2D eigenvalue weighted by Crippen LogP contribution is 2.17. The molecule has 94 valence electrons. The molecular weight excluding hydrogens is 246 g/mol. The molecule has 0 aliphatic rings. The van der Waals surface area contributed by atoms with Crippen molar-refractivity contribution in [2.75, 3.05) is 5.32 Å². The summed E-state index contributed by atoms with van der Waals surface area (Å²) in [5, 5.41) is 14.5. The molecule has 0 fully saturated rings. The molecule has 0 radical (unpaired) electrons. The van der Waals surface area contributed by atoms with Gasteiger partial charge in [-0.15, -0.1) is 0 Å². The predicted molar refractivity (Wildman–Crippen MR) is 57.1 cm³/mol. The predicted octanol–water partition coefficient (Wildman–Crippen LogP) is 2.26. The van der Waals surface area contributed by atoms with Gasteiger partial charge >= 0.3 is 5.97 Å². The standard InChI is InChI=1S/C11H8F2N2O3/c12-7-2-1-3-8(10(7)13)14-5-6-4-9(11(16)17)15-18-6/h1-4,14H,5H2,(H,16,17). The van der Waals surface area contributed by atoms with Crippen LogP contribution in [0.4, 0.5) is 14.5 Å². The molecule has 2 N–H and O–H groups in total. The summed E-state index contributed by atoms with van der Waals surface area (Å²) in [6.45, 7) is 0.000648. The number of nitrogens with one attached hydrogen (secondary N) is 1. The highest BCUT2D eigenvalue weighted by Gasteiger charge is 2.12. The molecule has 0 amide bonds. The monoisotopic (exact) mass is 254 g/mol. The van der Waals surface area contributed by atoms with Crippen LogP contribution in [0.5, 0.6) is 0 Å². The van der Waals surface area contributed by atoms with Crippen LogP contribution in [-0.2, 0) is 6.54 Å². The Morgan fingerprint density at radius 1 is 1.44 bits per heavy atom. The quantitative estimate of drug-likeness (QED) is 0.875. The third-order valence-electron chi connectivity index (χ3n) is 2.18. The molecule has 2 aromatic rings. The molecule has 2 rings (SSSR count). The molecule has 1 aromatic carbocycles. The molecule has 0 aliphatic carbocycles. The minimum Gasteiger partial charge on any atom is -0.476 e. The Balaban J connectivity index is 2.07. The Labute approximate surface area is 100 Å². The van der Waals surface area contributed by atoms with Crippen LogP contribution in [0.25, 0.3) is 0 Å². The van der Waals surface area contributed by atoms with Gasteiger partial charge in [-0.3, -0.25) is 0 Å². The van der Waals surface area contributed by atoms with E-state index in [0.29, 0.717) is 0 Å². The average Bonchev–Trinajstić information content (AvgIpc) is 2.80. The van der Waals surface area contributed by atoms with E-state index in [9.17, 15) is 13.6 Å². The molecule has 0 bridgehead atoms. The number of halogens is 2. The van der Waals surface area contributed by atoms with E-state index in [4.69, 9.17) is 9.63 Å². The zero-order valence-corrected chi connectivity index (χ0v) is 8.98. The van der Waals surface area contributed by atoms with E-state index >= 15 is 0 Å². The van der Waals surface area contributed by atoms with Gasteiger partial charge in [-0.1, -0.05) is 11.2 Å². The minimum absolute atomic E-state index is 0.000648. The number of anilines is 1. The van der Waals surface area contributed by atoms with Crippen molar-refractivity contribution in [1.82, 2.24) is 5.16 Å². The summed E-state index contributed by atoms with van der Waals surface area (Å²) in [4.78, 5) is 10.5. The lowest BCUT2D eigenvalue weighted by atomic mass is 10.3. The van der Waals surface area contributed by atoms with Crippen LogP contribution in [0.15, 0.2) is 28.8 Å². The van der Waals surface area contributed by atoms with Crippen LogP contribution < -0.4 is 5.32 Å². The molecule has 0 atom stereocenters. The van der Waals surface area contributed by atoms with Crippen LogP contribution in [0.3, 0.4) is 0 Å². The van der Waals surface area contributed by atoms with Crippen molar-refractivity contribution >= 4 is 11.7 Å². The third-order valence-corrected chi connectivity index (χ3v) is 2.18. The van der Waals surface area contributed by atoms with Crippen LogP contribution in [0.1, 0.15) is 16.2 Å². The summed E-state index contributed by atoms with van der Waals surface area (Å²) in [7, 11) is 0. The van der Waals surface area contributed by atoms with Crippen LogP contribution in [0.2, 0.25) is 0 Å². The van der Waals surface area contributed by atoms with E-state index in [-0.39, 0.29) is 23.7 Å². The van der Waals surface area contributed by atoms with Crippen molar-refractivity contribution in [3.05, 3.63) is 47.4 Å². The van der Waals surface area contributed by atoms with E-state index < -0.39 is 17.6 Å². The molecule has 5 nitrogen and oxygen atoms in total. The fraction of sp³-hybridized carbons (Fsp3) is 0.0909. The Morgan fingerprint density at radius 3 is 2.89 bits per heavy atom. The van der Waals surface area contributed by atoms with Gasteiger partial charge in [0.2, 0.25) is 0 Å². The van der Waals surface area contributed by atoms with E-state index in [1.165, 1.54) is 18.2 Å². The maximum atomic E-state index is 13.3. The van der Waals surface area contributed by atoms with Crippen molar-refractivity contribution in [3.63, 3.8) is 0 Å². The third kappa shape index (κ3) is 2.45. The summed E-state index contributed by atoms with van der Waals surface area (Å²) < 4.78 is 30.9. The summed E-state index contributed by atoms with van der Waals surface area (Å²) in [5.41, 5.74) is -0.283. The van der Waals surface area contributed by atoms with Crippen molar-refractivity contribution in [1.29, 1.82) is 0 Å². The van der Waals surface area contributed by atoms with Crippen molar-refractivity contribution < 1.29 is 23.2 Å². The first kappa shape index (κ1) is 12.0. The Bertz CT molecular complexity index is 583. The molecule has 0 unspecified atom stereocenters. The summed E-state index contributed by atoms with van der Waals surface area (Å²) >= 11 is 0. The fourth-order valence-electron chi connectivity index (χ4n) is 1.32. The van der Waals surface area contributed by atoms with Crippen molar-refractivity contribution in [2.24, 2.45) is 0 Å². The van der Waals surface area contributed by atoms with Gasteiger partial charge in [-0.2, -0.15) is 0 Å². The second-order valence-corrected chi connectivity index (χ2v) is 3.44. The maximum Gasteiger partial charge on any atom is 0.358 e. The summed E-state index contributed by atoms with van der Waals surface area (Å²) in [6.07, 6.45) is 0. The van der Waals surface area contributed by atoms with Gasteiger partial charge in [0.1, 0.15) is 0 Å². The topological polar surface area (TPSA) is 75.4 Å². The number of carboxylic acids is 1. The zero-order chi connectivity index (χ0) is 13.1. The number of nitrogens with zero attached hydrogens (tertiary/aromatic N) is 1. The molecule has 0 spiro atoms. The van der Waals surface area contributed by atoms with Gasteiger partial charge in [-0.25, -0.2) is 13.6 Å². The maximum absolute atomic E-state index is 13.3. The number of hydrogen-bond acceptors (Lipinski definition) is 4. The molecule has 0 saturated carbocycles. The first-order valence-corrected chi connectivity index (χ1v) is 4.94. The lowest BCUT2D eigenvalue weighted by Gasteiger charge is -2.05. The normalized spacial score (nSPS) is 10.3. The van der Waals surface area contributed by atoms with E-state index in [2.05, 4.69) is 10.5 Å². The molecular formula is C11H8F2N2O3. The zero-order valence-electron chi connectivity index (χ0n) is 8.98. The number of carboxylic acid groups (broad SMARTS) is 1. The smallest absolute Gasteiger partial charge is 0.358 e. The molecule has 1 heterocycles. The highest BCUT2D eigenvalue weighted by molar-refractivity contribution is 5.85. The van der Waals surface area contributed by atoms with Gasteiger partial charge in [-0.05, 0) is 12.1 Å². The number of carbonyl (C=O) groups is 1. The first-order valence-electron chi connectivity index (χ1n) is 4.94. The number of aromatic nitrogens is 1. The fourth-order valence-corrected chi connectivity index (χ4v) is 1.32. The average molecular weight is 254 g/mol. The first-order chi connectivity index (χ1) is 8.58. The minimum atomic E-state index is -1.22. The van der Waals surface area contributed by atoms with Gasteiger partial charge in [0.25, 0.3) is 0 Å². The van der Waals surface area contributed by atoms with E-state index in [0.717, 1.165) is 6.07 Å². The highest BCUT2D eigenvalue weighted by atomic mass is 19.2. The van der Waals surface area contributed by atoms with E-state index in [1.807, 2.05) is 0 Å².